The molecule has 1 aromatic carbocycles. The number of hydrogen-bond donors (Lipinski definition) is 2. The van der Waals surface area contributed by atoms with Gasteiger partial charge in [0.15, 0.2) is 0 Å². The predicted octanol–water partition coefficient (Wildman–Crippen LogP) is 0.950. The van der Waals surface area contributed by atoms with Crippen LogP contribution in [0.15, 0.2) is 18.2 Å². The van der Waals surface area contributed by atoms with Crippen molar-refractivity contribution < 1.29 is 24.4 Å². The molecule has 8 heteroatoms. The first-order chi connectivity index (χ1) is 9.47. The maximum Gasteiger partial charge on any atom is 0.342 e. The van der Waals surface area contributed by atoms with Crippen LogP contribution in [0.4, 0.5) is 5.69 Å². The standard InChI is InChI=1S/C12H12N2O6/c15-11-4-1-7(13-11)6-20-8-2-3-10(14(18)19)9(5-8)12(16)17/h2-3,5,7H,1,4,6H2,(H,13,15)(H,16,17). The van der Waals surface area contributed by atoms with E-state index >= 15 is 0 Å². The van der Waals surface area contributed by atoms with Crippen molar-refractivity contribution in [2.45, 2.75) is 18.9 Å². The number of carboxylic acid groups (broad SMARTS) is 1. The Bertz CT molecular complexity index is 571. The zero-order chi connectivity index (χ0) is 14.7. The molecule has 1 aliphatic heterocycles. The van der Waals surface area contributed by atoms with Crippen molar-refractivity contribution in [3.05, 3.63) is 33.9 Å². The zero-order valence-corrected chi connectivity index (χ0v) is 10.4. The molecule has 1 aromatic rings. The Hall–Kier alpha value is -2.64. The molecule has 0 aliphatic carbocycles. The molecule has 1 aliphatic rings. The van der Waals surface area contributed by atoms with Crippen LogP contribution in [0.1, 0.15) is 23.2 Å². The van der Waals surface area contributed by atoms with Gasteiger partial charge in [0.25, 0.3) is 5.69 Å². The van der Waals surface area contributed by atoms with Crippen LogP contribution < -0.4 is 10.1 Å². The summed E-state index contributed by atoms with van der Waals surface area (Å²) in [5.41, 5.74) is -0.915. The van der Waals surface area contributed by atoms with Crippen molar-refractivity contribution in [3.8, 4) is 5.75 Å². The number of nitro benzene ring substituents is 1. The third-order valence-electron chi connectivity index (χ3n) is 2.93. The van der Waals surface area contributed by atoms with Crippen LogP contribution in [0, 0.1) is 10.1 Å². The molecule has 0 spiro atoms. The molecular weight excluding hydrogens is 268 g/mol. The number of carbonyl (C=O) groups excluding carboxylic acids is 1. The highest BCUT2D eigenvalue weighted by atomic mass is 16.6. The Morgan fingerprint density at radius 2 is 2.30 bits per heavy atom. The number of benzene rings is 1. The summed E-state index contributed by atoms with van der Waals surface area (Å²) in [6.45, 7) is 0.197. The van der Waals surface area contributed by atoms with Crippen molar-refractivity contribution in [1.29, 1.82) is 0 Å². The van der Waals surface area contributed by atoms with Gasteiger partial charge in [0, 0.05) is 18.6 Å². The second-order valence-electron chi connectivity index (χ2n) is 4.36. The largest absolute Gasteiger partial charge is 0.491 e. The fourth-order valence-electron chi connectivity index (χ4n) is 1.93. The van der Waals surface area contributed by atoms with Gasteiger partial charge in [-0.3, -0.25) is 14.9 Å². The van der Waals surface area contributed by atoms with E-state index in [4.69, 9.17) is 9.84 Å². The quantitative estimate of drug-likeness (QED) is 0.612. The molecule has 106 valence electrons. The third-order valence-corrected chi connectivity index (χ3v) is 2.93. The molecule has 1 fully saturated rings. The van der Waals surface area contributed by atoms with Gasteiger partial charge >= 0.3 is 5.97 Å². The van der Waals surface area contributed by atoms with Crippen LogP contribution in [0.5, 0.6) is 5.75 Å². The second kappa shape index (κ2) is 5.55. The van der Waals surface area contributed by atoms with E-state index in [0.29, 0.717) is 12.8 Å². The number of hydrogen-bond acceptors (Lipinski definition) is 5. The number of amides is 1. The number of nitrogens with one attached hydrogen (secondary N) is 1. The average Bonchev–Trinajstić information content (AvgIpc) is 2.81. The fraction of sp³-hybridized carbons (Fsp3) is 0.333. The van der Waals surface area contributed by atoms with Crippen LogP contribution >= 0.6 is 0 Å². The van der Waals surface area contributed by atoms with E-state index in [1.165, 1.54) is 6.07 Å². The van der Waals surface area contributed by atoms with E-state index in [9.17, 15) is 19.7 Å². The second-order valence-corrected chi connectivity index (χ2v) is 4.36. The Morgan fingerprint density at radius 1 is 1.55 bits per heavy atom. The summed E-state index contributed by atoms with van der Waals surface area (Å²) in [7, 11) is 0. The van der Waals surface area contributed by atoms with Crippen molar-refractivity contribution >= 4 is 17.6 Å². The van der Waals surface area contributed by atoms with Crippen molar-refractivity contribution in [3.63, 3.8) is 0 Å². The molecule has 2 N–H and O–H groups in total. The first-order valence-corrected chi connectivity index (χ1v) is 5.91. The molecule has 1 unspecified atom stereocenters. The molecule has 1 atom stereocenters. The fourth-order valence-corrected chi connectivity index (χ4v) is 1.93. The minimum Gasteiger partial charge on any atom is -0.491 e. The van der Waals surface area contributed by atoms with E-state index in [0.717, 1.165) is 12.1 Å². The number of nitro groups is 1. The topological polar surface area (TPSA) is 119 Å². The van der Waals surface area contributed by atoms with Crippen molar-refractivity contribution in [2.24, 2.45) is 0 Å². The number of aromatic carboxylic acids is 1. The lowest BCUT2D eigenvalue weighted by Gasteiger charge is -2.12. The highest BCUT2D eigenvalue weighted by molar-refractivity contribution is 5.92. The first-order valence-electron chi connectivity index (χ1n) is 5.91. The maximum absolute atomic E-state index is 11.0. The SMILES string of the molecule is O=C1CCC(COc2ccc([N+](=O)[O-])c(C(=O)O)c2)N1. The van der Waals surface area contributed by atoms with Gasteiger partial charge in [-0.05, 0) is 12.5 Å². The molecule has 20 heavy (non-hydrogen) atoms. The summed E-state index contributed by atoms with van der Waals surface area (Å²) in [6, 6.07) is 3.41. The average molecular weight is 280 g/mol. The van der Waals surface area contributed by atoms with E-state index < -0.39 is 22.1 Å². The smallest absolute Gasteiger partial charge is 0.342 e. The van der Waals surface area contributed by atoms with Crippen molar-refractivity contribution in [1.82, 2.24) is 5.32 Å². The predicted molar refractivity (Wildman–Crippen MR) is 66.7 cm³/mol. The molecule has 1 amide bonds. The van der Waals surface area contributed by atoms with Gasteiger partial charge in [0.05, 0.1) is 11.0 Å². The van der Waals surface area contributed by atoms with Crippen LogP contribution in [0.2, 0.25) is 0 Å². The van der Waals surface area contributed by atoms with Crippen LogP contribution in [-0.4, -0.2) is 34.6 Å². The maximum atomic E-state index is 11.0. The monoisotopic (exact) mass is 280 g/mol. The molecule has 8 nitrogen and oxygen atoms in total. The lowest BCUT2D eigenvalue weighted by Crippen LogP contribution is -2.30. The molecule has 1 heterocycles. The number of ether oxygens (including phenoxy) is 1. The normalized spacial score (nSPS) is 17.6. The van der Waals surface area contributed by atoms with Gasteiger partial charge in [-0.15, -0.1) is 0 Å². The van der Waals surface area contributed by atoms with E-state index in [2.05, 4.69) is 5.32 Å². The summed E-state index contributed by atoms with van der Waals surface area (Å²) >= 11 is 0. The molecular formula is C12H12N2O6. The lowest BCUT2D eigenvalue weighted by molar-refractivity contribution is -0.385. The van der Waals surface area contributed by atoms with Gasteiger partial charge in [-0.25, -0.2) is 4.79 Å². The lowest BCUT2D eigenvalue weighted by atomic mass is 10.1. The summed E-state index contributed by atoms with van der Waals surface area (Å²) in [4.78, 5) is 31.9. The van der Waals surface area contributed by atoms with Gasteiger partial charge in [-0.2, -0.15) is 0 Å². The molecule has 1 saturated heterocycles. The van der Waals surface area contributed by atoms with Crippen LogP contribution in [-0.2, 0) is 4.79 Å². The minimum atomic E-state index is -1.39. The molecule has 0 bridgehead atoms. The molecule has 0 aromatic heterocycles. The summed E-state index contributed by atoms with van der Waals surface area (Å²) in [5.74, 6) is -1.22. The number of rotatable bonds is 5. The number of carbonyl (C=O) groups is 2. The number of carboxylic acids is 1. The third kappa shape index (κ3) is 3.02. The molecule has 2 rings (SSSR count). The van der Waals surface area contributed by atoms with Crippen LogP contribution in [0.3, 0.4) is 0 Å². The Kier molecular flexibility index (Phi) is 3.83. The van der Waals surface area contributed by atoms with E-state index in [1.807, 2.05) is 0 Å². The van der Waals surface area contributed by atoms with Crippen molar-refractivity contribution in [2.75, 3.05) is 6.61 Å². The van der Waals surface area contributed by atoms with Gasteiger partial charge in [0.2, 0.25) is 5.91 Å². The highest BCUT2D eigenvalue weighted by Gasteiger charge is 2.23. The van der Waals surface area contributed by atoms with Gasteiger partial charge < -0.3 is 15.2 Å². The van der Waals surface area contributed by atoms with Crippen LogP contribution in [0.25, 0.3) is 0 Å². The summed E-state index contributed by atoms with van der Waals surface area (Å²) in [6.07, 6.45) is 1.09. The molecule has 0 radical (unpaired) electrons. The summed E-state index contributed by atoms with van der Waals surface area (Å²) in [5, 5.41) is 22.3. The number of nitrogens with zero attached hydrogens (tertiary/aromatic N) is 1. The minimum absolute atomic E-state index is 0.0477. The van der Waals surface area contributed by atoms with E-state index in [-0.39, 0.29) is 24.3 Å². The first kappa shape index (κ1) is 13.8. The van der Waals surface area contributed by atoms with Gasteiger partial charge in [0.1, 0.15) is 17.9 Å². The Labute approximate surface area is 113 Å². The Balaban J connectivity index is 2.09. The Morgan fingerprint density at radius 3 is 2.85 bits per heavy atom. The summed E-state index contributed by atoms with van der Waals surface area (Å²) < 4.78 is 5.36. The van der Waals surface area contributed by atoms with Gasteiger partial charge in [-0.1, -0.05) is 0 Å². The highest BCUT2D eigenvalue weighted by Crippen LogP contribution is 2.24. The van der Waals surface area contributed by atoms with E-state index in [1.54, 1.807) is 0 Å². The zero-order valence-electron chi connectivity index (χ0n) is 10.4. The molecule has 0 saturated carbocycles.